The fraction of sp³-hybridized carbons (Fsp3) is 0.364. The summed E-state index contributed by atoms with van der Waals surface area (Å²) < 4.78 is 5.17. The molecule has 0 unspecified atom stereocenters. The molecular formula is C11H14N4OS. The molecule has 0 saturated heterocycles. The smallest absolute Gasteiger partial charge is 0.259 e. The third-order valence-electron chi connectivity index (χ3n) is 2.05. The second-order valence-electron chi connectivity index (χ2n) is 3.85. The van der Waals surface area contributed by atoms with E-state index in [1.165, 1.54) is 0 Å². The molecule has 2 aromatic heterocycles. The lowest BCUT2D eigenvalue weighted by Gasteiger charge is -1.99. The Morgan fingerprint density at radius 1 is 1.41 bits per heavy atom. The number of rotatable bonds is 4. The zero-order valence-electron chi connectivity index (χ0n) is 9.75. The van der Waals surface area contributed by atoms with E-state index in [9.17, 15) is 0 Å². The highest BCUT2D eigenvalue weighted by molar-refractivity contribution is 7.99. The Labute approximate surface area is 104 Å². The summed E-state index contributed by atoms with van der Waals surface area (Å²) in [5.74, 6) is 2.42. The monoisotopic (exact) mass is 250 g/mol. The van der Waals surface area contributed by atoms with Crippen molar-refractivity contribution in [2.75, 3.05) is 5.73 Å². The molecule has 0 aliphatic rings. The molecule has 2 heterocycles. The van der Waals surface area contributed by atoms with Gasteiger partial charge in [0.2, 0.25) is 0 Å². The van der Waals surface area contributed by atoms with E-state index in [0.29, 0.717) is 22.8 Å². The highest BCUT2D eigenvalue weighted by Crippen LogP contribution is 2.20. The number of nitrogens with zero attached hydrogens (tertiary/aromatic N) is 3. The topological polar surface area (TPSA) is 77.8 Å². The second kappa shape index (κ2) is 5.18. The molecule has 6 heteroatoms. The molecule has 90 valence electrons. The van der Waals surface area contributed by atoms with Crippen molar-refractivity contribution in [3.63, 3.8) is 0 Å². The Kier molecular flexibility index (Phi) is 3.63. The van der Waals surface area contributed by atoms with Crippen LogP contribution in [0.2, 0.25) is 0 Å². The summed E-state index contributed by atoms with van der Waals surface area (Å²) in [6.07, 6.45) is 1.63. The molecule has 0 spiro atoms. The van der Waals surface area contributed by atoms with Gasteiger partial charge in [-0.05, 0) is 17.4 Å². The third-order valence-corrected chi connectivity index (χ3v) is 3.14. The van der Waals surface area contributed by atoms with E-state index in [0.717, 1.165) is 11.3 Å². The van der Waals surface area contributed by atoms with Gasteiger partial charge in [0.15, 0.2) is 5.82 Å². The average molecular weight is 250 g/mol. The molecule has 0 aromatic carbocycles. The number of nitrogen functional groups attached to an aromatic ring is 1. The van der Waals surface area contributed by atoms with Crippen LogP contribution in [0.4, 0.5) is 5.82 Å². The molecule has 0 saturated carbocycles. The van der Waals surface area contributed by atoms with Crippen LogP contribution in [0, 0.1) is 0 Å². The first kappa shape index (κ1) is 11.9. The summed E-state index contributed by atoms with van der Waals surface area (Å²) in [6, 6.07) is 3.53. The van der Waals surface area contributed by atoms with E-state index in [-0.39, 0.29) is 0 Å². The molecule has 0 radical (unpaired) electrons. The molecule has 0 atom stereocenters. The molecule has 0 amide bonds. The van der Waals surface area contributed by atoms with E-state index >= 15 is 0 Å². The second-order valence-corrected chi connectivity index (χ2v) is 5.41. The number of pyridine rings is 1. The quantitative estimate of drug-likeness (QED) is 0.897. The van der Waals surface area contributed by atoms with Crippen molar-refractivity contribution in [1.82, 2.24) is 15.1 Å². The van der Waals surface area contributed by atoms with E-state index in [1.54, 1.807) is 24.0 Å². The van der Waals surface area contributed by atoms with Gasteiger partial charge >= 0.3 is 0 Å². The minimum Gasteiger partial charge on any atom is -0.384 e. The molecule has 2 N–H and O–H groups in total. The highest BCUT2D eigenvalue weighted by atomic mass is 32.2. The van der Waals surface area contributed by atoms with Crippen molar-refractivity contribution in [3.8, 4) is 11.5 Å². The van der Waals surface area contributed by atoms with Gasteiger partial charge < -0.3 is 10.3 Å². The van der Waals surface area contributed by atoms with Crippen molar-refractivity contribution in [3.05, 3.63) is 24.2 Å². The molecule has 0 aliphatic heterocycles. The minimum absolute atomic E-state index is 0.476. The molecule has 2 aromatic rings. The fourth-order valence-electron chi connectivity index (χ4n) is 1.20. The first-order chi connectivity index (χ1) is 8.15. The van der Waals surface area contributed by atoms with Crippen LogP contribution in [-0.4, -0.2) is 20.4 Å². The summed E-state index contributed by atoms with van der Waals surface area (Å²) in [5.41, 5.74) is 6.29. The maximum atomic E-state index is 5.51. The SMILES string of the molecule is CC(C)SCc1noc(-c2ccc(N)nc2)n1. The molecule has 5 nitrogen and oxygen atoms in total. The summed E-state index contributed by atoms with van der Waals surface area (Å²) in [6.45, 7) is 4.27. The van der Waals surface area contributed by atoms with Crippen molar-refractivity contribution in [1.29, 1.82) is 0 Å². The Morgan fingerprint density at radius 3 is 2.88 bits per heavy atom. The van der Waals surface area contributed by atoms with Crippen molar-refractivity contribution in [2.24, 2.45) is 0 Å². The normalized spacial score (nSPS) is 11.0. The van der Waals surface area contributed by atoms with E-state index < -0.39 is 0 Å². The number of hydrogen-bond acceptors (Lipinski definition) is 6. The third kappa shape index (κ3) is 3.20. The van der Waals surface area contributed by atoms with Crippen LogP contribution in [0.5, 0.6) is 0 Å². The molecule has 2 rings (SSSR count). The van der Waals surface area contributed by atoms with Gasteiger partial charge in [0, 0.05) is 6.20 Å². The van der Waals surface area contributed by atoms with Gasteiger partial charge in [0.25, 0.3) is 5.89 Å². The van der Waals surface area contributed by atoms with E-state index in [2.05, 4.69) is 29.0 Å². The zero-order chi connectivity index (χ0) is 12.3. The highest BCUT2D eigenvalue weighted by Gasteiger charge is 2.09. The first-order valence-electron chi connectivity index (χ1n) is 5.31. The van der Waals surface area contributed by atoms with Gasteiger partial charge in [-0.25, -0.2) is 4.98 Å². The van der Waals surface area contributed by atoms with Gasteiger partial charge in [-0.1, -0.05) is 19.0 Å². The summed E-state index contributed by atoms with van der Waals surface area (Å²) in [5, 5.41) is 4.47. The van der Waals surface area contributed by atoms with Crippen LogP contribution in [0.1, 0.15) is 19.7 Å². The van der Waals surface area contributed by atoms with Gasteiger partial charge in [-0.15, -0.1) is 0 Å². The van der Waals surface area contributed by atoms with E-state index in [1.807, 2.05) is 6.07 Å². The Hall–Kier alpha value is -1.56. The van der Waals surface area contributed by atoms with Gasteiger partial charge in [-0.3, -0.25) is 0 Å². The lowest BCUT2D eigenvalue weighted by Crippen LogP contribution is -1.91. The lowest BCUT2D eigenvalue weighted by atomic mass is 10.3. The van der Waals surface area contributed by atoms with Crippen LogP contribution in [-0.2, 0) is 5.75 Å². The maximum Gasteiger partial charge on any atom is 0.259 e. The zero-order valence-corrected chi connectivity index (χ0v) is 10.6. The predicted octanol–water partition coefficient (Wildman–Crippen LogP) is 2.36. The number of aromatic nitrogens is 3. The van der Waals surface area contributed by atoms with Gasteiger partial charge in [-0.2, -0.15) is 16.7 Å². The van der Waals surface area contributed by atoms with Crippen LogP contribution in [0.25, 0.3) is 11.5 Å². The minimum atomic E-state index is 0.476. The standard InChI is InChI=1S/C11H14N4OS/c1-7(2)17-6-10-14-11(16-15-10)8-3-4-9(12)13-5-8/h3-5,7H,6H2,1-2H3,(H2,12,13). The van der Waals surface area contributed by atoms with Crippen LogP contribution < -0.4 is 5.73 Å². The first-order valence-corrected chi connectivity index (χ1v) is 6.36. The number of nitrogens with two attached hydrogens (primary N) is 1. The predicted molar refractivity (Wildman–Crippen MR) is 68.4 cm³/mol. The average Bonchev–Trinajstić information content (AvgIpc) is 2.76. The Morgan fingerprint density at radius 2 is 2.24 bits per heavy atom. The maximum absolute atomic E-state index is 5.51. The largest absolute Gasteiger partial charge is 0.384 e. The van der Waals surface area contributed by atoms with Gasteiger partial charge in [0.05, 0.1) is 11.3 Å². The summed E-state index contributed by atoms with van der Waals surface area (Å²) in [7, 11) is 0. The van der Waals surface area contributed by atoms with Crippen LogP contribution >= 0.6 is 11.8 Å². The van der Waals surface area contributed by atoms with E-state index in [4.69, 9.17) is 10.3 Å². The van der Waals surface area contributed by atoms with Gasteiger partial charge in [0.1, 0.15) is 5.82 Å². The molecule has 0 fully saturated rings. The van der Waals surface area contributed by atoms with Crippen molar-refractivity contribution < 1.29 is 4.52 Å². The molecule has 0 aliphatic carbocycles. The Balaban J connectivity index is 2.10. The molecule has 17 heavy (non-hydrogen) atoms. The lowest BCUT2D eigenvalue weighted by molar-refractivity contribution is 0.425. The van der Waals surface area contributed by atoms with Crippen molar-refractivity contribution >= 4 is 17.6 Å². The van der Waals surface area contributed by atoms with Crippen molar-refractivity contribution in [2.45, 2.75) is 24.9 Å². The summed E-state index contributed by atoms with van der Waals surface area (Å²) >= 11 is 1.77. The van der Waals surface area contributed by atoms with Crippen LogP contribution in [0.15, 0.2) is 22.9 Å². The van der Waals surface area contributed by atoms with Crippen LogP contribution in [0.3, 0.4) is 0 Å². The molecular weight excluding hydrogens is 236 g/mol. The Bertz CT molecular complexity index is 480. The number of anilines is 1. The molecule has 0 bridgehead atoms. The fourth-order valence-corrected chi connectivity index (χ4v) is 1.80. The number of hydrogen-bond donors (Lipinski definition) is 1. The summed E-state index contributed by atoms with van der Waals surface area (Å²) in [4.78, 5) is 8.29. The number of thioether (sulfide) groups is 1.